The summed E-state index contributed by atoms with van der Waals surface area (Å²) in [6, 6.07) is 8.71. The largest absolute Gasteiger partial charge is 0.458 e. The summed E-state index contributed by atoms with van der Waals surface area (Å²) in [5.41, 5.74) is 3.56. The number of anilines is 2. The van der Waals surface area contributed by atoms with Crippen LogP contribution in [0.4, 0.5) is 42.6 Å². The summed E-state index contributed by atoms with van der Waals surface area (Å²) in [5, 5.41) is 10.5. The van der Waals surface area contributed by atoms with Crippen molar-refractivity contribution in [3.05, 3.63) is 83.1 Å². The minimum absolute atomic E-state index is 0.0749. The Hall–Kier alpha value is -6.41. The number of aromatic nitrogens is 4. The van der Waals surface area contributed by atoms with Gasteiger partial charge in [-0.1, -0.05) is 13.0 Å². The molecule has 3 amide bonds. The van der Waals surface area contributed by atoms with Crippen molar-refractivity contribution in [2.24, 2.45) is 0 Å². The summed E-state index contributed by atoms with van der Waals surface area (Å²) < 4.78 is 78.6. The highest BCUT2D eigenvalue weighted by molar-refractivity contribution is 6.41. The van der Waals surface area contributed by atoms with Crippen LogP contribution in [0.3, 0.4) is 0 Å². The number of fused-ring (bicyclic) bond motifs is 1. The van der Waals surface area contributed by atoms with Gasteiger partial charge in [0.25, 0.3) is 11.8 Å². The highest BCUT2D eigenvalue weighted by atomic mass is 19.4. The number of alkyl halides is 6. The van der Waals surface area contributed by atoms with Crippen LogP contribution in [0.25, 0.3) is 5.52 Å². The van der Waals surface area contributed by atoms with E-state index < -0.39 is 48.7 Å². The summed E-state index contributed by atoms with van der Waals surface area (Å²) in [7, 11) is 0. The van der Waals surface area contributed by atoms with Crippen molar-refractivity contribution in [3.8, 4) is 0 Å². The Bertz CT molecular complexity index is 2080. The first-order chi connectivity index (χ1) is 25.8. The number of rotatable bonds is 11. The fourth-order valence-corrected chi connectivity index (χ4v) is 4.67. The van der Waals surface area contributed by atoms with Gasteiger partial charge in [-0.3, -0.25) is 24.2 Å². The van der Waals surface area contributed by atoms with Crippen molar-refractivity contribution in [3.63, 3.8) is 0 Å². The Labute approximate surface area is 307 Å². The summed E-state index contributed by atoms with van der Waals surface area (Å²) >= 11 is 0. The van der Waals surface area contributed by atoms with Gasteiger partial charge in [0.05, 0.1) is 11.1 Å². The maximum absolute atomic E-state index is 13.6. The molecule has 21 heteroatoms. The third-order valence-corrected chi connectivity index (χ3v) is 7.63. The molecule has 1 aliphatic carbocycles. The van der Waals surface area contributed by atoms with Gasteiger partial charge in [-0.05, 0) is 68.5 Å². The zero-order valence-electron chi connectivity index (χ0n) is 29.1. The molecule has 1 aromatic carbocycles. The Morgan fingerprint density at radius 2 is 1.62 bits per heavy atom. The van der Waals surface area contributed by atoms with E-state index in [9.17, 15) is 55.1 Å². The lowest BCUT2D eigenvalue weighted by molar-refractivity contribution is -0.193. The molecular weight excluding hydrogens is 748 g/mol. The number of amides is 3. The van der Waals surface area contributed by atoms with Crippen molar-refractivity contribution in [2.75, 3.05) is 18.7 Å². The number of carbonyl (C=O) groups excluding carboxylic acids is 6. The van der Waals surface area contributed by atoms with Crippen LogP contribution in [0.2, 0.25) is 0 Å². The van der Waals surface area contributed by atoms with Crippen molar-refractivity contribution in [2.45, 2.75) is 58.4 Å². The van der Waals surface area contributed by atoms with Crippen LogP contribution in [-0.4, -0.2) is 91.7 Å². The van der Waals surface area contributed by atoms with E-state index in [0.29, 0.717) is 34.6 Å². The van der Waals surface area contributed by atoms with E-state index in [0.717, 1.165) is 23.3 Å². The Morgan fingerprint density at radius 3 is 2.20 bits per heavy atom. The number of esters is 1. The predicted octanol–water partition coefficient (Wildman–Crippen LogP) is 5.43. The molecule has 0 saturated heterocycles. The third kappa shape index (κ3) is 10.6. The third-order valence-electron chi connectivity index (χ3n) is 7.63. The molecule has 2 N–H and O–H groups in total. The second-order valence-electron chi connectivity index (χ2n) is 11.8. The van der Waals surface area contributed by atoms with E-state index in [1.807, 2.05) is 19.9 Å². The first-order valence-corrected chi connectivity index (χ1v) is 16.1. The number of halogens is 6. The standard InChI is InChI=1S/C30H31N7O6.C4F6O2/c1-4-12-36(30(41)43-17-42-29(40)21-6-5-11-31-14-21)28(39)23-15-37-25(19(23)3)26(32-16-33-37)35-24-13-20(8-7-18(24)2)27(38)34-22-9-10-22;5-3(6,7)1(11)2(12)4(8,9)10/h5-8,11,13-16,22H,4,9-10,12,17H2,1-3H3,(H,34,38)(H,32,33,35);. The molecule has 55 heavy (non-hydrogen) atoms. The lowest BCUT2D eigenvalue weighted by Crippen LogP contribution is -2.39. The van der Waals surface area contributed by atoms with Crippen LogP contribution in [-0.2, 0) is 19.1 Å². The summed E-state index contributed by atoms with van der Waals surface area (Å²) in [6.45, 7) is 4.85. The van der Waals surface area contributed by atoms with Crippen LogP contribution < -0.4 is 10.6 Å². The summed E-state index contributed by atoms with van der Waals surface area (Å²) in [5.74, 6) is -7.85. The van der Waals surface area contributed by atoms with Crippen LogP contribution in [0.1, 0.15) is 68.4 Å². The number of ketones is 2. The molecule has 0 radical (unpaired) electrons. The van der Waals surface area contributed by atoms with Gasteiger partial charge in [0.2, 0.25) is 6.79 Å². The minimum atomic E-state index is -5.77. The van der Waals surface area contributed by atoms with Crippen LogP contribution >= 0.6 is 0 Å². The molecule has 0 aliphatic heterocycles. The second kappa shape index (κ2) is 17.2. The van der Waals surface area contributed by atoms with E-state index in [2.05, 4.69) is 25.7 Å². The van der Waals surface area contributed by atoms with Crippen LogP contribution in [0.15, 0.2) is 55.2 Å². The average molecular weight is 780 g/mol. The average Bonchev–Trinajstić information content (AvgIpc) is 3.89. The van der Waals surface area contributed by atoms with E-state index in [1.54, 1.807) is 25.1 Å². The zero-order chi connectivity index (χ0) is 40.7. The van der Waals surface area contributed by atoms with Crippen molar-refractivity contribution in [1.82, 2.24) is 29.8 Å². The number of carbonyl (C=O) groups is 6. The molecule has 0 bridgehead atoms. The number of nitrogens with one attached hydrogen (secondary N) is 2. The van der Waals surface area contributed by atoms with Crippen LogP contribution in [0.5, 0.6) is 0 Å². The highest BCUT2D eigenvalue weighted by Gasteiger charge is 2.54. The van der Waals surface area contributed by atoms with E-state index >= 15 is 0 Å². The van der Waals surface area contributed by atoms with Gasteiger partial charge >= 0.3 is 36.0 Å². The number of nitrogens with zero attached hydrogens (tertiary/aromatic N) is 5. The van der Waals surface area contributed by atoms with E-state index in [1.165, 1.54) is 35.5 Å². The quantitative estimate of drug-likeness (QED) is 0.0851. The molecule has 0 spiro atoms. The van der Waals surface area contributed by atoms with Crippen molar-refractivity contribution >= 4 is 52.5 Å². The van der Waals surface area contributed by atoms with Gasteiger partial charge in [0, 0.05) is 42.4 Å². The molecular formula is C34H31F6N7O8. The van der Waals surface area contributed by atoms with E-state index in [4.69, 9.17) is 9.47 Å². The van der Waals surface area contributed by atoms with Gasteiger partial charge in [-0.15, -0.1) is 0 Å². The number of imide groups is 1. The van der Waals surface area contributed by atoms with Crippen molar-refractivity contribution < 1.29 is 64.6 Å². The smallest absolute Gasteiger partial charge is 0.424 e. The number of aryl methyl sites for hydroxylation is 2. The molecule has 5 rings (SSSR count). The topological polar surface area (TPSA) is 191 Å². The van der Waals surface area contributed by atoms with Gasteiger partial charge in [-0.25, -0.2) is 24.0 Å². The monoisotopic (exact) mass is 779 g/mol. The molecule has 1 aliphatic rings. The summed E-state index contributed by atoms with van der Waals surface area (Å²) in [4.78, 5) is 79.7. The summed E-state index contributed by atoms with van der Waals surface area (Å²) in [6.07, 6.45) is -4.35. The normalized spacial score (nSPS) is 12.5. The first-order valence-electron chi connectivity index (χ1n) is 16.1. The Balaban J connectivity index is 0.000000484. The van der Waals surface area contributed by atoms with Gasteiger partial charge in [0.15, 0.2) is 5.82 Å². The number of pyridine rings is 1. The Morgan fingerprint density at radius 1 is 0.945 bits per heavy atom. The molecule has 1 fully saturated rings. The number of hydrogen-bond donors (Lipinski definition) is 2. The SMILES string of the molecule is CCCN(C(=O)OCOC(=O)c1cccnc1)C(=O)c1cn2ncnc(Nc3cc(C(=O)NC4CC4)ccc3C)c2c1C.O=C(C(=O)C(F)(F)F)C(F)(F)F. The minimum Gasteiger partial charge on any atom is -0.424 e. The van der Waals surface area contributed by atoms with E-state index in [-0.39, 0.29) is 29.6 Å². The number of ether oxygens (including phenoxy) is 2. The molecule has 3 aromatic heterocycles. The lowest BCUT2D eigenvalue weighted by atomic mass is 10.1. The fourth-order valence-electron chi connectivity index (χ4n) is 4.67. The second-order valence-corrected chi connectivity index (χ2v) is 11.8. The fraction of sp³-hybridized carbons (Fsp3) is 0.324. The maximum atomic E-state index is 13.6. The molecule has 1 saturated carbocycles. The molecule has 4 aromatic rings. The van der Waals surface area contributed by atoms with Gasteiger partial charge < -0.3 is 20.1 Å². The number of hydrogen-bond acceptors (Lipinski definition) is 12. The van der Waals surface area contributed by atoms with Crippen molar-refractivity contribution in [1.29, 1.82) is 0 Å². The first kappa shape index (κ1) is 41.3. The molecule has 15 nitrogen and oxygen atoms in total. The molecule has 3 heterocycles. The molecule has 0 unspecified atom stereocenters. The zero-order valence-corrected chi connectivity index (χ0v) is 29.1. The van der Waals surface area contributed by atoms with Gasteiger partial charge in [0.1, 0.15) is 11.8 Å². The Kier molecular flexibility index (Phi) is 12.9. The molecule has 0 atom stereocenters. The van der Waals surface area contributed by atoms with Gasteiger partial charge in [-0.2, -0.15) is 31.4 Å². The van der Waals surface area contributed by atoms with Crippen LogP contribution in [0, 0.1) is 13.8 Å². The highest BCUT2D eigenvalue weighted by Crippen LogP contribution is 2.29. The predicted molar refractivity (Wildman–Crippen MR) is 177 cm³/mol. The maximum Gasteiger partial charge on any atom is 0.458 e. The number of Topliss-reactive ketones (excluding diaryl/α,β-unsaturated/α-hetero) is 2. The number of benzene rings is 1. The lowest BCUT2D eigenvalue weighted by Gasteiger charge is -2.19. The molecule has 292 valence electrons.